The van der Waals surface area contributed by atoms with E-state index in [0.717, 1.165) is 31.1 Å². The summed E-state index contributed by atoms with van der Waals surface area (Å²) in [6, 6.07) is 8.65. The van der Waals surface area contributed by atoms with Crippen molar-refractivity contribution in [2.45, 2.75) is 36.9 Å². The summed E-state index contributed by atoms with van der Waals surface area (Å²) in [6.07, 6.45) is 3.92. The molecule has 1 aromatic heterocycles. The fourth-order valence-corrected chi connectivity index (χ4v) is 3.10. The monoisotopic (exact) mass is 281 g/mol. The first-order chi connectivity index (χ1) is 9.15. The van der Waals surface area contributed by atoms with E-state index in [4.69, 9.17) is 9.25 Å². The first-order valence-electron chi connectivity index (χ1n) is 6.31. The molecule has 1 aliphatic rings. The quantitative estimate of drug-likeness (QED) is 0.875. The second-order valence-electron chi connectivity index (χ2n) is 4.71. The van der Waals surface area contributed by atoms with Gasteiger partial charge in [0, 0.05) is 11.5 Å². The first-order valence-corrected chi connectivity index (χ1v) is 7.79. The minimum absolute atomic E-state index is 0.0286. The Balaban J connectivity index is 1.78. The van der Waals surface area contributed by atoms with Gasteiger partial charge in [-0.25, -0.2) is 8.42 Å². The molecule has 0 atom stereocenters. The summed E-state index contributed by atoms with van der Waals surface area (Å²) in [4.78, 5) is 7.38. The third-order valence-electron chi connectivity index (χ3n) is 3.29. The van der Waals surface area contributed by atoms with E-state index in [1.807, 2.05) is 6.07 Å². The van der Waals surface area contributed by atoms with Crippen molar-refractivity contribution < 1.29 is 17.7 Å². The smallest absolute Gasteiger partial charge is 0.295 e. The van der Waals surface area contributed by atoms with Crippen LogP contribution in [0.1, 0.15) is 25.7 Å². The van der Waals surface area contributed by atoms with Gasteiger partial charge in [0.2, 0.25) is 5.09 Å². The molecule has 0 unspecified atom stereocenters. The Morgan fingerprint density at radius 1 is 1.21 bits per heavy atom. The molecule has 0 amide bonds. The third-order valence-corrected chi connectivity index (χ3v) is 4.34. The molecule has 19 heavy (non-hydrogen) atoms. The highest BCUT2D eigenvalue weighted by molar-refractivity contribution is 7.89. The molecule has 0 saturated heterocycles. The molecular formula is C13H15NO4S. The average Bonchev–Trinajstić information content (AvgIpc) is 3.05. The maximum Gasteiger partial charge on any atom is 0.295 e. The zero-order chi connectivity index (χ0) is 13.3. The maximum absolute atomic E-state index is 12.0. The first kappa shape index (κ1) is 12.7. The lowest BCUT2D eigenvalue weighted by Gasteiger charge is -2.10. The van der Waals surface area contributed by atoms with E-state index in [1.165, 1.54) is 6.07 Å². The van der Waals surface area contributed by atoms with Crippen LogP contribution in [-0.2, 0) is 14.9 Å². The van der Waals surface area contributed by atoms with E-state index in [-0.39, 0.29) is 11.2 Å². The fourth-order valence-electron chi connectivity index (χ4n) is 2.27. The lowest BCUT2D eigenvalue weighted by atomic mass is 10.3. The van der Waals surface area contributed by atoms with Gasteiger partial charge in [-0.05, 0) is 18.9 Å². The number of nitrogens with one attached hydrogen (secondary N) is 1. The number of hydrogen-bond acceptors (Lipinski definition) is 4. The Morgan fingerprint density at radius 2 is 1.95 bits per heavy atom. The molecule has 0 bridgehead atoms. The fraction of sp³-hybridized carbons (Fsp3) is 0.385. The van der Waals surface area contributed by atoms with Crippen LogP contribution in [-0.4, -0.2) is 14.5 Å². The van der Waals surface area contributed by atoms with Gasteiger partial charge in [-0.2, -0.15) is 0 Å². The summed E-state index contributed by atoms with van der Waals surface area (Å²) in [7, 11) is -3.75. The Morgan fingerprint density at radius 3 is 2.68 bits per heavy atom. The number of fused-ring (bicyclic) bond motifs is 1. The summed E-state index contributed by atoms with van der Waals surface area (Å²) in [5, 5.41) is 0.635. The van der Waals surface area contributed by atoms with Crippen LogP contribution in [0.25, 0.3) is 11.0 Å². The van der Waals surface area contributed by atoms with Gasteiger partial charge in [-0.3, -0.25) is 4.84 Å². The maximum atomic E-state index is 12.0. The van der Waals surface area contributed by atoms with E-state index in [0.29, 0.717) is 5.58 Å². The van der Waals surface area contributed by atoms with Crippen molar-refractivity contribution in [2.75, 3.05) is 0 Å². The zero-order valence-electron chi connectivity index (χ0n) is 10.3. The van der Waals surface area contributed by atoms with E-state index < -0.39 is 10.0 Å². The van der Waals surface area contributed by atoms with Crippen molar-refractivity contribution in [1.82, 2.24) is 4.89 Å². The van der Waals surface area contributed by atoms with Crippen LogP contribution in [0.3, 0.4) is 0 Å². The molecule has 102 valence electrons. The van der Waals surface area contributed by atoms with Crippen LogP contribution in [0.15, 0.2) is 39.8 Å². The molecule has 1 fully saturated rings. The van der Waals surface area contributed by atoms with Gasteiger partial charge in [-0.15, -0.1) is 0 Å². The second kappa shape index (κ2) is 4.96. The second-order valence-corrected chi connectivity index (χ2v) is 6.29. The Bertz CT molecular complexity index is 638. The van der Waals surface area contributed by atoms with Gasteiger partial charge in [0.15, 0.2) is 0 Å². The molecule has 0 aliphatic heterocycles. The number of rotatable bonds is 4. The van der Waals surface area contributed by atoms with Crippen molar-refractivity contribution >= 4 is 21.0 Å². The molecule has 1 aromatic carbocycles. The molecule has 0 radical (unpaired) electrons. The number of sulfonamides is 1. The van der Waals surface area contributed by atoms with E-state index in [9.17, 15) is 8.42 Å². The van der Waals surface area contributed by atoms with Crippen molar-refractivity contribution in [3.05, 3.63) is 30.3 Å². The highest BCUT2D eigenvalue weighted by Crippen LogP contribution is 2.24. The van der Waals surface area contributed by atoms with E-state index in [1.54, 1.807) is 18.2 Å². The summed E-state index contributed by atoms with van der Waals surface area (Å²) in [5.74, 6) is 0. The largest absolute Gasteiger partial charge is 0.443 e. The topological polar surface area (TPSA) is 68.5 Å². The molecule has 1 saturated carbocycles. The molecule has 3 rings (SSSR count). The van der Waals surface area contributed by atoms with E-state index >= 15 is 0 Å². The standard InChI is InChI=1S/C13H15NO4S/c15-19(16,14-18-11-6-2-3-7-11)13-9-10-5-1-4-8-12(10)17-13/h1,4-5,8-9,11,14H,2-3,6-7H2. The van der Waals surface area contributed by atoms with Crippen LogP contribution >= 0.6 is 0 Å². The van der Waals surface area contributed by atoms with Gasteiger partial charge in [0.05, 0.1) is 6.10 Å². The molecule has 5 nitrogen and oxygen atoms in total. The van der Waals surface area contributed by atoms with Gasteiger partial charge >= 0.3 is 0 Å². The normalized spacial score (nSPS) is 17.3. The number of furan rings is 1. The molecule has 6 heteroatoms. The zero-order valence-corrected chi connectivity index (χ0v) is 11.2. The summed E-state index contributed by atoms with van der Waals surface area (Å²) in [5.41, 5.74) is 0.545. The molecule has 1 aliphatic carbocycles. The summed E-state index contributed by atoms with van der Waals surface area (Å²) >= 11 is 0. The van der Waals surface area contributed by atoms with Crippen LogP contribution < -0.4 is 4.89 Å². The van der Waals surface area contributed by atoms with Crippen molar-refractivity contribution in [1.29, 1.82) is 0 Å². The summed E-state index contributed by atoms with van der Waals surface area (Å²) < 4.78 is 29.4. The SMILES string of the molecule is O=S(=O)(NOC1CCCC1)c1cc2ccccc2o1. The van der Waals surface area contributed by atoms with Crippen LogP contribution in [0.5, 0.6) is 0 Å². The average molecular weight is 281 g/mol. The third kappa shape index (κ3) is 2.65. The number of para-hydroxylation sites is 1. The predicted octanol–water partition coefficient (Wildman–Crippen LogP) is 2.59. The predicted molar refractivity (Wildman–Crippen MR) is 69.9 cm³/mol. The number of hydrogen-bond donors (Lipinski definition) is 1. The minimum atomic E-state index is -3.75. The Kier molecular flexibility index (Phi) is 3.30. The lowest BCUT2D eigenvalue weighted by molar-refractivity contribution is 0.0217. The van der Waals surface area contributed by atoms with E-state index in [2.05, 4.69) is 4.89 Å². The van der Waals surface area contributed by atoms with Crippen molar-refractivity contribution in [3.8, 4) is 0 Å². The van der Waals surface area contributed by atoms with Crippen LogP contribution in [0.4, 0.5) is 0 Å². The summed E-state index contributed by atoms with van der Waals surface area (Å²) in [6.45, 7) is 0. The minimum Gasteiger partial charge on any atom is -0.443 e. The van der Waals surface area contributed by atoms with Crippen LogP contribution in [0.2, 0.25) is 0 Å². The molecule has 1 heterocycles. The molecule has 1 N–H and O–H groups in total. The highest BCUT2D eigenvalue weighted by atomic mass is 32.2. The Hall–Kier alpha value is -1.37. The van der Waals surface area contributed by atoms with Gasteiger partial charge < -0.3 is 4.42 Å². The molecule has 0 spiro atoms. The molecular weight excluding hydrogens is 266 g/mol. The van der Waals surface area contributed by atoms with Crippen molar-refractivity contribution in [3.63, 3.8) is 0 Å². The van der Waals surface area contributed by atoms with Gasteiger partial charge in [-0.1, -0.05) is 35.9 Å². The molecule has 2 aromatic rings. The lowest BCUT2D eigenvalue weighted by Crippen LogP contribution is -2.28. The van der Waals surface area contributed by atoms with Gasteiger partial charge in [0.25, 0.3) is 10.0 Å². The van der Waals surface area contributed by atoms with Crippen molar-refractivity contribution in [2.24, 2.45) is 0 Å². The number of benzene rings is 1. The Labute approximate surface area is 111 Å². The van der Waals surface area contributed by atoms with Crippen LogP contribution in [0, 0.1) is 0 Å². The van der Waals surface area contributed by atoms with Gasteiger partial charge in [0.1, 0.15) is 5.58 Å². The highest BCUT2D eigenvalue weighted by Gasteiger charge is 2.23.